The summed E-state index contributed by atoms with van der Waals surface area (Å²) in [6.07, 6.45) is 0. The van der Waals surface area contributed by atoms with Crippen LogP contribution in [0.15, 0.2) is 72.8 Å². The number of carbonyl (C=O) groups is 2. The third-order valence-corrected chi connectivity index (χ3v) is 8.08. The molecule has 0 aromatic heterocycles. The quantitative estimate of drug-likeness (QED) is 0.585. The van der Waals surface area contributed by atoms with Crippen molar-refractivity contribution in [2.24, 2.45) is 0 Å². The molecule has 3 aromatic carbocycles. The highest BCUT2D eigenvalue weighted by molar-refractivity contribution is 7.94. The number of rotatable bonds is 3. The Hall–Kier alpha value is -3.23. The van der Waals surface area contributed by atoms with Gasteiger partial charge in [0, 0.05) is 16.3 Å². The van der Waals surface area contributed by atoms with Gasteiger partial charge in [-0.15, -0.1) is 0 Å². The van der Waals surface area contributed by atoms with Crippen molar-refractivity contribution in [3.63, 3.8) is 0 Å². The van der Waals surface area contributed by atoms with Crippen LogP contribution in [0.5, 0.6) is 0 Å². The van der Waals surface area contributed by atoms with E-state index in [1.165, 1.54) is 23.1 Å². The molecule has 162 valence electrons. The number of hydrogen-bond acceptors (Lipinski definition) is 4. The lowest BCUT2D eigenvalue weighted by Gasteiger charge is -2.32. The Labute approximate surface area is 188 Å². The standard InChI is InChI=1S/C23H16ClFN2O4S/c24-16-5-3-4-15(12-16)13-26-20-7-2-1-6-19(20)23(22(26)29)27(21(28)14-32(23,30)31)18-10-8-17(25)9-11-18/h1-12H,13-14H2. The van der Waals surface area contributed by atoms with Gasteiger partial charge in [0.05, 0.1) is 12.2 Å². The molecule has 1 spiro atoms. The van der Waals surface area contributed by atoms with Gasteiger partial charge in [0.1, 0.15) is 11.6 Å². The Bertz CT molecular complexity index is 1380. The van der Waals surface area contributed by atoms with Crippen molar-refractivity contribution >= 4 is 44.6 Å². The molecule has 2 aliphatic heterocycles. The number of sulfone groups is 1. The van der Waals surface area contributed by atoms with Crippen LogP contribution in [0.1, 0.15) is 11.1 Å². The van der Waals surface area contributed by atoms with E-state index in [1.807, 2.05) is 0 Å². The summed E-state index contributed by atoms with van der Waals surface area (Å²) in [5.41, 5.74) is 1.42. The predicted octanol–water partition coefficient (Wildman–Crippen LogP) is 3.64. The van der Waals surface area contributed by atoms with Crippen LogP contribution in [0, 0.1) is 5.82 Å². The van der Waals surface area contributed by atoms with Crippen molar-refractivity contribution in [2.75, 3.05) is 15.6 Å². The van der Waals surface area contributed by atoms with E-state index in [2.05, 4.69) is 0 Å². The maximum absolute atomic E-state index is 13.9. The van der Waals surface area contributed by atoms with Crippen molar-refractivity contribution in [1.82, 2.24) is 0 Å². The zero-order valence-electron chi connectivity index (χ0n) is 16.5. The van der Waals surface area contributed by atoms with Gasteiger partial charge in [-0.2, -0.15) is 0 Å². The van der Waals surface area contributed by atoms with Crippen LogP contribution in [0.4, 0.5) is 15.8 Å². The van der Waals surface area contributed by atoms with E-state index in [1.54, 1.807) is 42.5 Å². The SMILES string of the molecule is O=C1CS(=O)(=O)C2(C(=O)N(Cc3cccc(Cl)c3)c3ccccc32)N1c1ccc(F)cc1. The summed E-state index contributed by atoms with van der Waals surface area (Å²) in [5, 5.41) is 0.480. The topological polar surface area (TPSA) is 74.8 Å². The summed E-state index contributed by atoms with van der Waals surface area (Å²) in [4.78, 5) is 27.0. The minimum absolute atomic E-state index is 0.0686. The van der Waals surface area contributed by atoms with Crippen LogP contribution in [0.2, 0.25) is 5.02 Å². The summed E-state index contributed by atoms with van der Waals surface area (Å²) in [6, 6.07) is 18.2. The zero-order valence-corrected chi connectivity index (χ0v) is 18.1. The number of benzene rings is 3. The van der Waals surface area contributed by atoms with Gasteiger partial charge in [0.2, 0.25) is 5.91 Å². The monoisotopic (exact) mass is 470 g/mol. The van der Waals surface area contributed by atoms with E-state index < -0.39 is 38.1 Å². The fourth-order valence-electron chi connectivity index (χ4n) is 4.46. The van der Waals surface area contributed by atoms with Gasteiger partial charge in [-0.3, -0.25) is 14.5 Å². The number of amides is 2. The maximum atomic E-state index is 13.9. The highest BCUT2D eigenvalue weighted by atomic mass is 35.5. The average molecular weight is 471 g/mol. The lowest BCUT2D eigenvalue weighted by molar-refractivity contribution is -0.123. The molecule has 2 aliphatic rings. The number of halogens is 2. The smallest absolute Gasteiger partial charge is 0.274 e. The van der Waals surface area contributed by atoms with Gasteiger partial charge in [-0.05, 0) is 48.0 Å². The molecule has 0 saturated carbocycles. The number of carbonyl (C=O) groups excluding carboxylic acids is 2. The molecule has 1 saturated heterocycles. The van der Waals surface area contributed by atoms with Gasteiger partial charge in [-0.1, -0.05) is 41.9 Å². The van der Waals surface area contributed by atoms with E-state index in [-0.39, 0.29) is 17.8 Å². The van der Waals surface area contributed by atoms with Crippen molar-refractivity contribution in [2.45, 2.75) is 11.4 Å². The van der Waals surface area contributed by atoms with E-state index in [0.29, 0.717) is 16.3 Å². The van der Waals surface area contributed by atoms with E-state index in [4.69, 9.17) is 11.6 Å². The molecular formula is C23H16ClFN2O4S. The number of nitrogens with zero attached hydrogens (tertiary/aromatic N) is 2. The Kier molecular flexibility index (Phi) is 4.61. The van der Waals surface area contributed by atoms with Gasteiger partial charge in [0.15, 0.2) is 9.84 Å². The molecular weight excluding hydrogens is 455 g/mol. The summed E-state index contributed by atoms with van der Waals surface area (Å²) >= 11 is 6.09. The fourth-order valence-corrected chi connectivity index (χ4v) is 6.70. The summed E-state index contributed by atoms with van der Waals surface area (Å²) < 4.78 is 40.5. The van der Waals surface area contributed by atoms with E-state index >= 15 is 0 Å². The summed E-state index contributed by atoms with van der Waals surface area (Å²) in [6.45, 7) is 0.0686. The van der Waals surface area contributed by atoms with Crippen LogP contribution in [-0.4, -0.2) is 26.0 Å². The van der Waals surface area contributed by atoms with Crippen molar-refractivity contribution in [3.8, 4) is 0 Å². The first kappa shape index (κ1) is 20.7. The number of hydrogen-bond donors (Lipinski definition) is 0. The van der Waals surface area contributed by atoms with Crippen LogP contribution < -0.4 is 9.80 Å². The Morgan fingerprint density at radius 1 is 0.969 bits per heavy atom. The van der Waals surface area contributed by atoms with Gasteiger partial charge in [0.25, 0.3) is 10.8 Å². The maximum Gasteiger partial charge on any atom is 0.274 e. The average Bonchev–Trinajstić information content (AvgIpc) is 3.12. The third-order valence-electron chi connectivity index (χ3n) is 5.74. The summed E-state index contributed by atoms with van der Waals surface area (Å²) in [5.74, 6) is -2.87. The first-order valence-corrected chi connectivity index (χ1v) is 11.8. The second kappa shape index (κ2) is 7.15. The minimum atomic E-state index is -4.27. The molecule has 1 atom stereocenters. The third kappa shape index (κ3) is 2.79. The van der Waals surface area contributed by atoms with Crippen LogP contribution in [0.3, 0.4) is 0 Å². The molecule has 1 fully saturated rings. The van der Waals surface area contributed by atoms with Crippen molar-refractivity contribution in [1.29, 1.82) is 0 Å². The molecule has 32 heavy (non-hydrogen) atoms. The first-order valence-electron chi connectivity index (χ1n) is 9.72. The molecule has 0 aliphatic carbocycles. The molecule has 3 aromatic rings. The highest BCUT2D eigenvalue weighted by Gasteiger charge is 2.69. The van der Waals surface area contributed by atoms with E-state index in [9.17, 15) is 22.4 Å². The summed E-state index contributed by atoms with van der Waals surface area (Å²) in [7, 11) is -4.27. The second-order valence-electron chi connectivity index (χ2n) is 7.65. The molecule has 2 heterocycles. The number of anilines is 2. The predicted molar refractivity (Wildman–Crippen MR) is 118 cm³/mol. The molecule has 1 unspecified atom stereocenters. The Morgan fingerprint density at radius 3 is 2.41 bits per heavy atom. The highest BCUT2D eigenvalue weighted by Crippen LogP contribution is 2.52. The Balaban J connectivity index is 1.73. The van der Waals surface area contributed by atoms with Gasteiger partial charge in [-0.25, -0.2) is 12.8 Å². The van der Waals surface area contributed by atoms with Crippen LogP contribution >= 0.6 is 11.6 Å². The van der Waals surface area contributed by atoms with Crippen LogP contribution in [-0.2, 0) is 30.8 Å². The first-order chi connectivity index (χ1) is 15.3. The Morgan fingerprint density at radius 2 is 1.69 bits per heavy atom. The van der Waals surface area contributed by atoms with Crippen LogP contribution in [0.25, 0.3) is 0 Å². The molecule has 0 N–H and O–H groups in total. The molecule has 6 nitrogen and oxygen atoms in total. The number of fused-ring (bicyclic) bond motifs is 2. The fraction of sp³-hybridized carbons (Fsp3) is 0.130. The minimum Gasteiger partial charge on any atom is -0.304 e. The van der Waals surface area contributed by atoms with Crippen molar-refractivity contribution in [3.05, 3.63) is 94.8 Å². The molecule has 9 heteroatoms. The molecule has 0 bridgehead atoms. The number of para-hydroxylation sites is 1. The van der Waals surface area contributed by atoms with Crippen molar-refractivity contribution < 1.29 is 22.4 Å². The molecule has 5 rings (SSSR count). The van der Waals surface area contributed by atoms with E-state index in [0.717, 1.165) is 17.0 Å². The van der Waals surface area contributed by atoms with Gasteiger partial charge < -0.3 is 4.90 Å². The largest absolute Gasteiger partial charge is 0.304 e. The lowest BCUT2D eigenvalue weighted by atomic mass is 10.0. The zero-order chi connectivity index (χ0) is 22.7. The molecule has 2 amide bonds. The molecule has 0 radical (unpaired) electrons. The second-order valence-corrected chi connectivity index (χ2v) is 10.2. The van der Waals surface area contributed by atoms with Gasteiger partial charge >= 0.3 is 0 Å². The lowest BCUT2D eigenvalue weighted by Crippen LogP contribution is -2.54. The normalized spacial score (nSPS) is 21.4.